The van der Waals surface area contributed by atoms with Crippen LogP contribution in [-0.2, 0) is 4.74 Å². The molecular formula is C8H10BrClN2O. The molecule has 0 saturated carbocycles. The summed E-state index contributed by atoms with van der Waals surface area (Å²) < 4.78 is 5.52. The maximum Gasteiger partial charge on any atom is 0.146 e. The van der Waals surface area contributed by atoms with Crippen LogP contribution in [-0.4, -0.2) is 28.6 Å². The molecule has 3 nitrogen and oxygen atoms in total. The van der Waals surface area contributed by atoms with E-state index in [0.29, 0.717) is 0 Å². The molecule has 0 amide bonds. The summed E-state index contributed by atoms with van der Waals surface area (Å²) in [5.41, 5.74) is -0.0534. The Kier molecular flexibility index (Phi) is 2.80. The Balaban J connectivity index is 2.02. The monoisotopic (exact) mass is 264 g/mol. The molecule has 2 aliphatic heterocycles. The van der Waals surface area contributed by atoms with E-state index in [1.54, 1.807) is 0 Å². The van der Waals surface area contributed by atoms with Crippen molar-refractivity contribution < 1.29 is 4.74 Å². The third kappa shape index (κ3) is 1.84. The molecule has 2 rings (SSSR count). The minimum absolute atomic E-state index is 0.0534. The topological polar surface area (TPSA) is 45.0 Å². The van der Waals surface area contributed by atoms with Crippen LogP contribution in [0, 0.1) is 11.3 Å². The molecule has 2 heterocycles. The summed E-state index contributed by atoms with van der Waals surface area (Å²) in [6.45, 7) is 0. The molecule has 1 N–H and O–H groups in total. The van der Waals surface area contributed by atoms with Gasteiger partial charge in [0.1, 0.15) is 6.10 Å². The van der Waals surface area contributed by atoms with Gasteiger partial charge in [0, 0.05) is 17.3 Å². The summed E-state index contributed by atoms with van der Waals surface area (Å²) in [6, 6.07) is 2.38. The van der Waals surface area contributed by atoms with E-state index in [1.807, 2.05) is 0 Å². The first-order valence-electron chi connectivity index (χ1n) is 4.30. The predicted octanol–water partition coefficient (Wildman–Crippen LogP) is 1.36. The van der Waals surface area contributed by atoms with Crippen molar-refractivity contribution in [2.24, 2.45) is 0 Å². The van der Waals surface area contributed by atoms with E-state index in [-0.39, 0.29) is 28.6 Å². The van der Waals surface area contributed by atoms with Crippen LogP contribution < -0.4 is 5.32 Å². The molecule has 5 unspecified atom stereocenters. The van der Waals surface area contributed by atoms with Gasteiger partial charge in [0.15, 0.2) is 0 Å². The van der Waals surface area contributed by atoms with E-state index >= 15 is 0 Å². The van der Waals surface area contributed by atoms with Gasteiger partial charge in [-0.3, -0.25) is 5.32 Å². The highest BCUT2D eigenvalue weighted by molar-refractivity contribution is 9.09. The molecule has 13 heavy (non-hydrogen) atoms. The third-order valence-corrected chi connectivity index (χ3v) is 4.19. The Morgan fingerprint density at radius 3 is 3.00 bits per heavy atom. The largest absolute Gasteiger partial charge is 0.358 e. The van der Waals surface area contributed by atoms with E-state index in [2.05, 4.69) is 27.3 Å². The molecule has 0 aromatic rings. The van der Waals surface area contributed by atoms with Gasteiger partial charge in [-0.15, -0.1) is 11.6 Å². The van der Waals surface area contributed by atoms with E-state index < -0.39 is 0 Å². The number of rotatable bonds is 0. The highest BCUT2D eigenvalue weighted by atomic mass is 79.9. The zero-order chi connectivity index (χ0) is 9.42. The molecule has 0 aromatic carbocycles. The summed E-state index contributed by atoms with van der Waals surface area (Å²) in [5.74, 6) is 0. The van der Waals surface area contributed by atoms with E-state index in [1.165, 1.54) is 0 Å². The first kappa shape index (κ1) is 9.72. The van der Waals surface area contributed by atoms with Crippen LogP contribution >= 0.6 is 27.5 Å². The van der Waals surface area contributed by atoms with Gasteiger partial charge >= 0.3 is 0 Å². The molecule has 0 bridgehead atoms. The molecule has 2 aliphatic rings. The number of nitrogens with one attached hydrogen (secondary N) is 1. The molecule has 0 aromatic heterocycles. The Morgan fingerprint density at radius 2 is 2.31 bits per heavy atom. The van der Waals surface area contributed by atoms with Crippen molar-refractivity contribution in [3.05, 3.63) is 0 Å². The molecule has 5 atom stereocenters. The van der Waals surface area contributed by atoms with Gasteiger partial charge in [0.2, 0.25) is 0 Å². The highest BCUT2D eigenvalue weighted by Crippen LogP contribution is 2.32. The number of halogens is 2. The molecule has 0 aliphatic carbocycles. The van der Waals surface area contributed by atoms with Crippen molar-refractivity contribution in [1.29, 1.82) is 5.26 Å². The lowest BCUT2D eigenvalue weighted by Gasteiger charge is -2.32. The number of hydrogen-bond acceptors (Lipinski definition) is 3. The van der Waals surface area contributed by atoms with Gasteiger partial charge in [-0.05, 0) is 6.42 Å². The number of nitriles is 1. The molecule has 5 heteroatoms. The number of nitrogens with zero attached hydrogens (tertiary/aromatic N) is 1. The predicted molar refractivity (Wildman–Crippen MR) is 52.8 cm³/mol. The van der Waals surface area contributed by atoms with Crippen molar-refractivity contribution in [2.75, 3.05) is 0 Å². The number of alkyl halides is 2. The lowest BCUT2D eigenvalue weighted by Crippen LogP contribution is -2.50. The number of piperidine rings is 1. The fraction of sp³-hybridized carbons (Fsp3) is 0.875. The lowest BCUT2D eigenvalue weighted by atomic mass is 10.00. The van der Waals surface area contributed by atoms with Crippen LogP contribution in [0.4, 0.5) is 0 Å². The molecular weight excluding hydrogens is 255 g/mol. The van der Waals surface area contributed by atoms with Crippen molar-refractivity contribution in [3.63, 3.8) is 0 Å². The van der Waals surface area contributed by atoms with E-state index in [0.717, 1.165) is 12.8 Å². The Labute approximate surface area is 90.5 Å². The number of fused-ring (bicyclic) bond motifs is 1. The van der Waals surface area contributed by atoms with Crippen LogP contribution in [0.1, 0.15) is 12.8 Å². The van der Waals surface area contributed by atoms with Crippen LogP contribution in [0.25, 0.3) is 0 Å². The summed E-state index contributed by atoms with van der Waals surface area (Å²) in [4.78, 5) is 0.229. The smallest absolute Gasteiger partial charge is 0.146 e. The maximum atomic E-state index is 8.70. The van der Waals surface area contributed by atoms with Crippen molar-refractivity contribution in [2.45, 2.75) is 41.4 Å². The van der Waals surface area contributed by atoms with Crippen LogP contribution in [0.5, 0.6) is 0 Å². The Bertz CT molecular complexity index is 227. The average molecular weight is 266 g/mol. The summed E-state index contributed by atoms with van der Waals surface area (Å²) in [6.07, 6.45) is 1.52. The van der Waals surface area contributed by atoms with Crippen molar-refractivity contribution in [3.8, 4) is 6.07 Å². The van der Waals surface area contributed by atoms with Gasteiger partial charge in [-0.25, -0.2) is 0 Å². The quantitative estimate of drug-likeness (QED) is 0.531. The van der Waals surface area contributed by atoms with Gasteiger partial charge in [-0.1, -0.05) is 15.9 Å². The van der Waals surface area contributed by atoms with Gasteiger partial charge in [0.25, 0.3) is 0 Å². The summed E-state index contributed by atoms with van der Waals surface area (Å²) >= 11 is 9.50. The SMILES string of the molecule is N#CC1CC2NC(Cl)C(Br)CC2O1. The lowest BCUT2D eigenvalue weighted by molar-refractivity contribution is 0.0509. The zero-order valence-corrected chi connectivity index (χ0v) is 9.25. The van der Waals surface area contributed by atoms with E-state index in [9.17, 15) is 0 Å². The Morgan fingerprint density at radius 1 is 1.54 bits per heavy atom. The molecule has 0 spiro atoms. The fourth-order valence-electron chi connectivity index (χ4n) is 1.87. The maximum absolute atomic E-state index is 8.70. The third-order valence-electron chi connectivity index (χ3n) is 2.55. The summed E-state index contributed by atoms with van der Waals surface area (Å²) in [5, 5.41) is 11.9. The zero-order valence-electron chi connectivity index (χ0n) is 6.91. The standard InChI is InChI=1S/C8H10BrClN2O/c9-5-2-7-6(12-8(5)10)1-4(3-11)13-7/h4-8,12H,1-2H2. The van der Waals surface area contributed by atoms with Crippen LogP contribution in [0.3, 0.4) is 0 Å². The van der Waals surface area contributed by atoms with Crippen molar-refractivity contribution >= 4 is 27.5 Å². The molecule has 2 fully saturated rings. The summed E-state index contributed by atoms with van der Waals surface area (Å²) in [7, 11) is 0. The Hall–Kier alpha value is 0.180. The second-order valence-electron chi connectivity index (χ2n) is 3.45. The minimum atomic E-state index is -0.260. The average Bonchev–Trinajstić information content (AvgIpc) is 2.48. The first-order chi connectivity index (χ1) is 6.20. The number of ether oxygens (including phenoxy) is 1. The molecule has 72 valence electrons. The van der Waals surface area contributed by atoms with Crippen LogP contribution in [0.15, 0.2) is 0 Å². The van der Waals surface area contributed by atoms with E-state index in [4.69, 9.17) is 21.6 Å². The highest BCUT2D eigenvalue weighted by Gasteiger charge is 2.42. The van der Waals surface area contributed by atoms with Gasteiger partial charge < -0.3 is 4.74 Å². The van der Waals surface area contributed by atoms with Crippen LogP contribution in [0.2, 0.25) is 0 Å². The second-order valence-corrected chi connectivity index (χ2v) is 5.10. The van der Waals surface area contributed by atoms with Gasteiger partial charge in [-0.2, -0.15) is 5.26 Å². The first-order valence-corrected chi connectivity index (χ1v) is 5.65. The fourth-order valence-corrected chi connectivity index (χ4v) is 2.66. The van der Waals surface area contributed by atoms with Gasteiger partial charge in [0.05, 0.1) is 17.7 Å². The van der Waals surface area contributed by atoms with Crippen molar-refractivity contribution in [1.82, 2.24) is 5.32 Å². The minimum Gasteiger partial charge on any atom is -0.358 e. The molecule has 2 saturated heterocycles. The number of hydrogen-bond donors (Lipinski definition) is 1. The second kappa shape index (κ2) is 3.74. The normalized spacial score (nSPS) is 49.8. The molecule has 0 radical (unpaired) electrons.